The van der Waals surface area contributed by atoms with E-state index in [1.165, 1.54) is 19.2 Å². The van der Waals surface area contributed by atoms with Crippen LogP contribution >= 0.6 is 0 Å². The van der Waals surface area contributed by atoms with Gasteiger partial charge in [0.15, 0.2) is 11.5 Å². The summed E-state index contributed by atoms with van der Waals surface area (Å²) in [5.41, 5.74) is 0.889. The fraction of sp³-hybridized carbons (Fsp3) is 0.429. The van der Waals surface area contributed by atoms with E-state index in [0.717, 1.165) is 19.3 Å². The smallest absolute Gasteiger partial charge is 0.254 e. The molecule has 1 aromatic rings. The molecule has 0 radical (unpaired) electrons. The molecule has 0 aromatic heterocycles. The number of fused-ring (bicyclic) bond motifs is 1. The fourth-order valence-corrected chi connectivity index (χ4v) is 2.03. The zero-order chi connectivity index (χ0) is 13.8. The summed E-state index contributed by atoms with van der Waals surface area (Å²) in [7, 11) is 1.45. The van der Waals surface area contributed by atoms with Crippen LogP contribution < -0.4 is 10.1 Å². The molecule has 1 atom stereocenters. The van der Waals surface area contributed by atoms with Crippen molar-refractivity contribution in [2.45, 2.75) is 32.2 Å². The van der Waals surface area contributed by atoms with Crippen molar-refractivity contribution in [3.05, 3.63) is 17.7 Å². The molecule has 0 spiro atoms. The summed E-state index contributed by atoms with van der Waals surface area (Å²) in [5.74, 6) is 0.0706. The molecule has 5 nitrogen and oxygen atoms in total. The minimum Gasteiger partial charge on any atom is -0.504 e. The number of phenols is 1. The Labute approximate surface area is 112 Å². The first kappa shape index (κ1) is 13.4. The minimum atomic E-state index is -0.188. The van der Waals surface area contributed by atoms with Crippen molar-refractivity contribution in [1.82, 2.24) is 5.32 Å². The highest BCUT2D eigenvalue weighted by Crippen LogP contribution is 2.34. The van der Waals surface area contributed by atoms with E-state index in [1.807, 2.05) is 0 Å². The van der Waals surface area contributed by atoms with Crippen molar-refractivity contribution < 1.29 is 14.6 Å². The van der Waals surface area contributed by atoms with E-state index >= 15 is 0 Å². The first-order valence-corrected chi connectivity index (χ1v) is 6.41. The van der Waals surface area contributed by atoms with E-state index in [2.05, 4.69) is 17.2 Å². The normalized spacial score (nSPS) is 17.6. The van der Waals surface area contributed by atoms with Gasteiger partial charge < -0.3 is 15.2 Å². The SMILES string of the molecule is CCCC[C@H]1C=Nc2cc(O)c(OC)cc2C(=O)N1. The van der Waals surface area contributed by atoms with Crippen LogP contribution in [0.1, 0.15) is 36.5 Å². The van der Waals surface area contributed by atoms with Crippen molar-refractivity contribution in [2.24, 2.45) is 4.99 Å². The van der Waals surface area contributed by atoms with Crippen LogP contribution in [0.15, 0.2) is 17.1 Å². The number of carbonyl (C=O) groups excluding carboxylic acids is 1. The third-order valence-corrected chi connectivity index (χ3v) is 3.12. The van der Waals surface area contributed by atoms with Gasteiger partial charge in [-0.05, 0) is 12.5 Å². The monoisotopic (exact) mass is 262 g/mol. The lowest BCUT2D eigenvalue weighted by molar-refractivity contribution is 0.0947. The van der Waals surface area contributed by atoms with Gasteiger partial charge in [-0.25, -0.2) is 0 Å². The molecule has 0 unspecified atom stereocenters. The van der Waals surface area contributed by atoms with Gasteiger partial charge in [0, 0.05) is 12.3 Å². The van der Waals surface area contributed by atoms with Gasteiger partial charge >= 0.3 is 0 Å². The molecule has 1 aliphatic rings. The van der Waals surface area contributed by atoms with Crippen molar-refractivity contribution in [2.75, 3.05) is 7.11 Å². The van der Waals surface area contributed by atoms with Crippen LogP contribution in [0.5, 0.6) is 11.5 Å². The number of hydrogen-bond donors (Lipinski definition) is 2. The summed E-state index contributed by atoms with van der Waals surface area (Å²) >= 11 is 0. The zero-order valence-electron chi connectivity index (χ0n) is 11.1. The Morgan fingerprint density at radius 1 is 1.47 bits per heavy atom. The number of benzene rings is 1. The summed E-state index contributed by atoms with van der Waals surface area (Å²) in [4.78, 5) is 16.4. The molecular formula is C14H18N2O3. The molecule has 0 aliphatic carbocycles. The lowest BCUT2D eigenvalue weighted by Crippen LogP contribution is -2.34. The van der Waals surface area contributed by atoms with Gasteiger partial charge in [-0.3, -0.25) is 9.79 Å². The lowest BCUT2D eigenvalue weighted by Gasteiger charge is -2.12. The van der Waals surface area contributed by atoms with Crippen molar-refractivity contribution >= 4 is 17.8 Å². The number of hydrogen-bond acceptors (Lipinski definition) is 4. The molecule has 0 saturated heterocycles. The number of carbonyl (C=O) groups is 1. The Bertz CT molecular complexity index is 512. The average molecular weight is 262 g/mol. The second-order valence-electron chi connectivity index (χ2n) is 4.54. The summed E-state index contributed by atoms with van der Waals surface area (Å²) in [6.07, 6.45) is 4.69. The predicted molar refractivity (Wildman–Crippen MR) is 73.6 cm³/mol. The standard InChI is InChI=1S/C14H18N2O3/c1-3-4-5-9-8-15-11-7-12(17)13(19-2)6-10(11)14(18)16-9/h6-9,17H,3-5H2,1-2H3,(H,16,18)/t9-/m0/s1. The van der Waals surface area contributed by atoms with Gasteiger partial charge in [0.25, 0.3) is 5.91 Å². The fourth-order valence-electron chi connectivity index (χ4n) is 2.03. The maximum absolute atomic E-state index is 12.1. The summed E-state index contributed by atoms with van der Waals surface area (Å²) in [6.45, 7) is 2.10. The van der Waals surface area contributed by atoms with Crippen LogP contribution in [0.3, 0.4) is 0 Å². The Morgan fingerprint density at radius 2 is 2.26 bits per heavy atom. The Morgan fingerprint density at radius 3 is 2.95 bits per heavy atom. The number of nitrogens with one attached hydrogen (secondary N) is 1. The third-order valence-electron chi connectivity index (χ3n) is 3.12. The molecule has 2 N–H and O–H groups in total. The summed E-state index contributed by atoms with van der Waals surface area (Å²) in [5, 5.41) is 12.6. The molecule has 19 heavy (non-hydrogen) atoms. The van der Waals surface area contributed by atoms with Crippen LogP contribution in [0.2, 0.25) is 0 Å². The highest BCUT2D eigenvalue weighted by Gasteiger charge is 2.21. The van der Waals surface area contributed by atoms with Crippen molar-refractivity contribution in [3.63, 3.8) is 0 Å². The van der Waals surface area contributed by atoms with E-state index in [-0.39, 0.29) is 23.4 Å². The van der Waals surface area contributed by atoms with Gasteiger partial charge in [0.2, 0.25) is 0 Å². The van der Waals surface area contributed by atoms with Gasteiger partial charge in [-0.15, -0.1) is 0 Å². The molecule has 1 amide bonds. The zero-order valence-corrected chi connectivity index (χ0v) is 11.1. The number of methoxy groups -OCH3 is 1. The third kappa shape index (κ3) is 2.86. The Balaban J connectivity index is 2.30. The lowest BCUT2D eigenvalue weighted by atomic mass is 10.1. The molecule has 102 valence electrons. The number of amides is 1. The van der Waals surface area contributed by atoms with Crippen molar-refractivity contribution in [3.8, 4) is 11.5 Å². The maximum atomic E-state index is 12.1. The first-order chi connectivity index (χ1) is 9.15. The van der Waals surface area contributed by atoms with E-state index < -0.39 is 0 Å². The quantitative estimate of drug-likeness (QED) is 0.875. The molecule has 5 heteroatoms. The second kappa shape index (κ2) is 5.73. The number of phenolic OH excluding ortho intramolecular Hbond substituents is 1. The maximum Gasteiger partial charge on any atom is 0.254 e. The molecule has 1 heterocycles. The molecule has 0 bridgehead atoms. The van der Waals surface area contributed by atoms with Crippen LogP contribution in [0, 0.1) is 0 Å². The molecule has 0 saturated carbocycles. The van der Waals surface area contributed by atoms with Gasteiger partial charge in [-0.1, -0.05) is 19.8 Å². The Hall–Kier alpha value is -2.04. The Kier molecular flexibility index (Phi) is 4.04. The molecule has 2 rings (SSSR count). The molecule has 0 fully saturated rings. The minimum absolute atomic E-state index is 0.0155. The number of unbranched alkanes of at least 4 members (excludes halogenated alkanes) is 1. The largest absolute Gasteiger partial charge is 0.504 e. The summed E-state index contributed by atoms with van der Waals surface area (Å²) in [6, 6.07) is 2.90. The number of aliphatic imine (C=N–C) groups is 1. The van der Waals surface area contributed by atoms with Crippen molar-refractivity contribution in [1.29, 1.82) is 0 Å². The first-order valence-electron chi connectivity index (χ1n) is 6.41. The number of rotatable bonds is 4. The van der Waals surface area contributed by atoms with Gasteiger partial charge in [0.1, 0.15) is 0 Å². The number of aromatic hydroxyl groups is 1. The van der Waals surface area contributed by atoms with E-state index in [9.17, 15) is 9.90 Å². The van der Waals surface area contributed by atoms with E-state index in [0.29, 0.717) is 11.3 Å². The van der Waals surface area contributed by atoms with Gasteiger partial charge in [-0.2, -0.15) is 0 Å². The van der Waals surface area contributed by atoms with E-state index in [4.69, 9.17) is 4.74 Å². The molecule has 1 aliphatic heterocycles. The number of ether oxygens (including phenoxy) is 1. The predicted octanol–water partition coefficient (Wildman–Crippen LogP) is 2.41. The van der Waals surface area contributed by atoms with Crippen LogP contribution in [0.25, 0.3) is 0 Å². The van der Waals surface area contributed by atoms with Crippen LogP contribution in [-0.2, 0) is 0 Å². The van der Waals surface area contributed by atoms with Gasteiger partial charge in [0.05, 0.1) is 24.4 Å². The number of nitrogens with zero attached hydrogens (tertiary/aromatic N) is 1. The van der Waals surface area contributed by atoms with Crippen LogP contribution in [0.4, 0.5) is 5.69 Å². The second-order valence-corrected chi connectivity index (χ2v) is 4.54. The highest BCUT2D eigenvalue weighted by molar-refractivity contribution is 6.03. The molecule has 1 aromatic carbocycles. The summed E-state index contributed by atoms with van der Waals surface area (Å²) < 4.78 is 5.01. The van der Waals surface area contributed by atoms with Crippen LogP contribution in [-0.4, -0.2) is 30.4 Å². The van der Waals surface area contributed by atoms with E-state index in [1.54, 1.807) is 6.21 Å². The molecular weight excluding hydrogens is 244 g/mol. The highest BCUT2D eigenvalue weighted by atomic mass is 16.5. The topological polar surface area (TPSA) is 70.9 Å². The average Bonchev–Trinajstić information content (AvgIpc) is 2.55.